The average molecular weight is 550 g/mol. The second kappa shape index (κ2) is 11.5. The van der Waals surface area contributed by atoms with E-state index < -0.39 is 6.09 Å². The lowest BCUT2D eigenvalue weighted by Gasteiger charge is -2.10. The number of rotatable bonds is 10. The zero-order chi connectivity index (χ0) is 28.2. The molecule has 0 bridgehead atoms. The molecule has 0 aliphatic rings. The van der Waals surface area contributed by atoms with Crippen LogP contribution in [-0.2, 0) is 24.2 Å². The Hall–Kier alpha value is -5.19. The van der Waals surface area contributed by atoms with Gasteiger partial charge in [-0.25, -0.2) is 19.3 Å². The molecular formula is C30H31N9O2. The van der Waals surface area contributed by atoms with Gasteiger partial charge in [-0.05, 0) is 43.5 Å². The van der Waals surface area contributed by atoms with Gasteiger partial charge in [0.05, 0.1) is 36.7 Å². The molecule has 1 amide bonds. The second-order valence-electron chi connectivity index (χ2n) is 9.75. The third-order valence-electron chi connectivity index (χ3n) is 7.05. The SMILES string of the molecule is CCc1c(NC(=O)OCCCn2ccnc2C)cn2ncnc(Nc3ccc4c(cnn4Cc4ccccc4)c3)c12. The van der Waals surface area contributed by atoms with Crippen LogP contribution in [0.3, 0.4) is 0 Å². The maximum atomic E-state index is 12.6. The second-order valence-corrected chi connectivity index (χ2v) is 9.75. The first-order valence-corrected chi connectivity index (χ1v) is 13.6. The Morgan fingerprint density at radius 3 is 2.76 bits per heavy atom. The van der Waals surface area contributed by atoms with Gasteiger partial charge in [0.15, 0.2) is 5.82 Å². The Morgan fingerprint density at radius 1 is 1.07 bits per heavy atom. The number of carbonyl (C=O) groups excluding carboxylic acids is 1. The van der Waals surface area contributed by atoms with Crippen molar-refractivity contribution in [2.45, 2.75) is 39.8 Å². The molecule has 0 aliphatic carbocycles. The van der Waals surface area contributed by atoms with Gasteiger partial charge >= 0.3 is 6.09 Å². The molecular weight excluding hydrogens is 518 g/mol. The number of nitrogens with zero attached hydrogens (tertiary/aromatic N) is 7. The van der Waals surface area contributed by atoms with E-state index in [0.717, 1.165) is 40.0 Å². The van der Waals surface area contributed by atoms with Gasteiger partial charge in [0, 0.05) is 35.6 Å². The normalized spacial score (nSPS) is 11.3. The maximum absolute atomic E-state index is 12.6. The van der Waals surface area contributed by atoms with Crippen molar-refractivity contribution >= 4 is 39.7 Å². The summed E-state index contributed by atoms with van der Waals surface area (Å²) >= 11 is 0. The fourth-order valence-corrected chi connectivity index (χ4v) is 5.00. The Morgan fingerprint density at radius 2 is 1.95 bits per heavy atom. The van der Waals surface area contributed by atoms with Crippen LogP contribution in [-0.4, -0.2) is 46.6 Å². The molecule has 4 heterocycles. The van der Waals surface area contributed by atoms with E-state index in [0.29, 0.717) is 37.5 Å². The lowest BCUT2D eigenvalue weighted by Crippen LogP contribution is -2.15. The number of amides is 1. The summed E-state index contributed by atoms with van der Waals surface area (Å²) < 4.78 is 11.2. The summed E-state index contributed by atoms with van der Waals surface area (Å²) in [6.45, 7) is 5.72. The summed E-state index contributed by atoms with van der Waals surface area (Å²) in [6.07, 6.45) is 9.69. The molecule has 2 N–H and O–H groups in total. The van der Waals surface area contributed by atoms with Crippen molar-refractivity contribution < 1.29 is 9.53 Å². The Kier molecular flexibility index (Phi) is 7.31. The third kappa shape index (κ3) is 5.60. The van der Waals surface area contributed by atoms with Crippen molar-refractivity contribution in [1.82, 2.24) is 33.9 Å². The van der Waals surface area contributed by atoms with Crippen LogP contribution in [0.4, 0.5) is 22.0 Å². The molecule has 0 aliphatic heterocycles. The third-order valence-corrected chi connectivity index (χ3v) is 7.05. The van der Waals surface area contributed by atoms with Crippen molar-refractivity contribution in [1.29, 1.82) is 0 Å². The number of hydrogen-bond donors (Lipinski definition) is 2. The van der Waals surface area contributed by atoms with E-state index in [4.69, 9.17) is 4.74 Å². The van der Waals surface area contributed by atoms with Gasteiger partial charge < -0.3 is 14.6 Å². The number of nitrogens with one attached hydrogen (secondary N) is 2. The predicted molar refractivity (Wildman–Crippen MR) is 157 cm³/mol. The highest BCUT2D eigenvalue weighted by atomic mass is 16.5. The van der Waals surface area contributed by atoms with E-state index in [-0.39, 0.29) is 0 Å². The van der Waals surface area contributed by atoms with Crippen molar-refractivity contribution in [2.75, 3.05) is 17.2 Å². The predicted octanol–water partition coefficient (Wildman–Crippen LogP) is 5.58. The largest absolute Gasteiger partial charge is 0.449 e. The highest BCUT2D eigenvalue weighted by molar-refractivity contribution is 5.91. The molecule has 0 spiro atoms. The summed E-state index contributed by atoms with van der Waals surface area (Å²) in [4.78, 5) is 21.3. The molecule has 6 rings (SSSR count). The molecule has 0 fully saturated rings. The van der Waals surface area contributed by atoms with Gasteiger partial charge in [0.2, 0.25) is 0 Å². The number of fused-ring (bicyclic) bond motifs is 2. The van der Waals surface area contributed by atoms with Crippen molar-refractivity contribution in [3.63, 3.8) is 0 Å². The van der Waals surface area contributed by atoms with E-state index in [2.05, 4.69) is 55.1 Å². The van der Waals surface area contributed by atoms with Crippen molar-refractivity contribution in [2.24, 2.45) is 0 Å². The van der Waals surface area contributed by atoms with Crippen molar-refractivity contribution in [3.8, 4) is 0 Å². The number of ether oxygens (including phenoxy) is 1. The minimum absolute atomic E-state index is 0.301. The molecule has 208 valence electrons. The molecule has 0 atom stereocenters. The summed E-state index contributed by atoms with van der Waals surface area (Å²) in [5, 5.41) is 16.3. The molecule has 0 saturated heterocycles. The summed E-state index contributed by atoms with van der Waals surface area (Å²) in [5.74, 6) is 1.58. The maximum Gasteiger partial charge on any atom is 0.411 e. The number of aromatic nitrogens is 7. The van der Waals surface area contributed by atoms with Crippen LogP contribution in [0.5, 0.6) is 0 Å². The lowest BCUT2D eigenvalue weighted by molar-refractivity contribution is 0.158. The number of aryl methyl sites for hydroxylation is 3. The van der Waals surface area contributed by atoms with E-state index >= 15 is 0 Å². The van der Waals surface area contributed by atoms with Crippen LogP contribution >= 0.6 is 0 Å². The fourth-order valence-electron chi connectivity index (χ4n) is 5.00. The number of hydrogen-bond acceptors (Lipinski definition) is 7. The standard InChI is InChI=1S/C30H31N9O2/c1-3-25-26(36-30(40)41-15-7-13-37-14-12-31-21(37)2)19-39-28(25)29(32-20-34-39)35-24-10-11-27-23(16-24)17-33-38(27)18-22-8-5-4-6-9-22/h4-6,8-12,14,16-17,19-20H,3,7,13,15,18H2,1-2H3,(H,36,40)(H,32,34,35). The quantitative estimate of drug-likeness (QED) is 0.214. The van der Waals surface area contributed by atoms with Gasteiger partial charge in [0.25, 0.3) is 0 Å². The minimum atomic E-state index is -0.501. The van der Waals surface area contributed by atoms with Gasteiger partial charge in [-0.15, -0.1) is 0 Å². The number of imidazole rings is 1. The summed E-state index contributed by atoms with van der Waals surface area (Å²) in [7, 11) is 0. The lowest BCUT2D eigenvalue weighted by atomic mass is 10.2. The summed E-state index contributed by atoms with van der Waals surface area (Å²) in [5.41, 5.74) is 5.47. The van der Waals surface area contributed by atoms with Crippen LogP contribution in [0.25, 0.3) is 16.4 Å². The monoisotopic (exact) mass is 549 g/mol. The van der Waals surface area contributed by atoms with E-state index in [1.54, 1.807) is 16.9 Å². The van der Waals surface area contributed by atoms with Crippen LogP contribution in [0.1, 0.15) is 30.3 Å². The molecule has 0 radical (unpaired) electrons. The van der Waals surface area contributed by atoms with Gasteiger partial charge in [-0.1, -0.05) is 37.3 Å². The zero-order valence-corrected chi connectivity index (χ0v) is 23.0. The number of benzene rings is 2. The van der Waals surface area contributed by atoms with E-state index in [9.17, 15) is 4.79 Å². The first kappa shape index (κ1) is 26.1. The summed E-state index contributed by atoms with van der Waals surface area (Å²) in [6, 6.07) is 16.4. The van der Waals surface area contributed by atoms with Crippen LogP contribution < -0.4 is 10.6 Å². The Balaban J connectivity index is 1.16. The highest BCUT2D eigenvalue weighted by Gasteiger charge is 2.17. The minimum Gasteiger partial charge on any atom is -0.449 e. The molecule has 11 heteroatoms. The average Bonchev–Trinajstić information content (AvgIpc) is 3.68. The van der Waals surface area contributed by atoms with Gasteiger partial charge in [-0.3, -0.25) is 10.00 Å². The first-order valence-electron chi connectivity index (χ1n) is 13.6. The zero-order valence-electron chi connectivity index (χ0n) is 23.0. The first-order chi connectivity index (χ1) is 20.1. The van der Waals surface area contributed by atoms with E-state index in [1.165, 1.54) is 11.9 Å². The van der Waals surface area contributed by atoms with E-state index in [1.807, 2.05) is 59.8 Å². The molecule has 0 unspecified atom stereocenters. The number of anilines is 3. The molecule has 11 nitrogen and oxygen atoms in total. The van der Waals surface area contributed by atoms with Crippen LogP contribution in [0.2, 0.25) is 0 Å². The van der Waals surface area contributed by atoms with Crippen LogP contribution in [0.15, 0.2) is 79.6 Å². The van der Waals surface area contributed by atoms with Gasteiger partial charge in [-0.2, -0.15) is 10.2 Å². The molecule has 4 aromatic heterocycles. The molecule has 6 aromatic rings. The highest BCUT2D eigenvalue weighted by Crippen LogP contribution is 2.30. The Bertz CT molecular complexity index is 1800. The van der Waals surface area contributed by atoms with Crippen LogP contribution in [0, 0.1) is 6.92 Å². The molecule has 2 aromatic carbocycles. The molecule has 0 saturated carbocycles. The fraction of sp³-hybridized carbons (Fsp3) is 0.233. The van der Waals surface area contributed by atoms with Crippen molar-refractivity contribution in [3.05, 3.63) is 96.6 Å². The number of carbonyl (C=O) groups is 1. The Labute approximate surface area is 236 Å². The smallest absolute Gasteiger partial charge is 0.411 e. The van der Waals surface area contributed by atoms with Gasteiger partial charge in [0.1, 0.15) is 17.7 Å². The topological polar surface area (TPSA) is 116 Å². The molecule has 41 heavy (non-hydrogen) atoms.